The third-order valence-corrected chi connectivity index (χ3v) is 5.66. The van der Waals surface area contributed by atoms with Crippen LogP contribution in [0.15, 0.2) is 59.6 Å². The van der Waals surface area contributed by atoms with Gasteiger partial charge in [0.1, 0.15) is 5.82 Å². The molecule has 0 spiro atoms. The van der Waals surface area contributed by atoms with E-state index < -0.39 is 0 Å². The summed E-state index contributed by atoms with van der Waals surface area (Å²) < 4.78 is 1.99. The van der Waals surface area contributed by atoms with E-state index in [2.05, 4.69) is 88.2 Å². The number of hydrogen-bond acceptors (Lipinski definition) is 4. The van der Waals surface area contributed by atoms with E-state index in [1.54, 1.807) is 0 Å². The molecule has 0 saturated heterocycles. The van der Waals surface area contributed by atoms with E-state index in [9.17, 15) is 0 Å². The van der Waals surface area contributed by atoms with Crippen molar-refractivity contribution in [2.75, 3.05) is 25.0 Å². The van der Waals surface area contributed by atoms with Gasteiger partial charge in [0, 0.05) is 32.9 Å². The van der Waals surface area contributed by atoms with Gasteiger partial charge >= 0.3 is 0 Å². The number of para-hydroxylation sites is 1. The molecule has 0 amide bonds. The lowest BCUT2D eigenvalue weighted by Gasteiger charge is -2.20. The quantitative estimate of drug-likeness (QED) is 0.291. The first-order chi connectivity index (χ1) is 15.6. The van der Waals surface area contributed by atoms with Crippen LogP contribution in [0.3, 0.4) is 0 Å². The number of aromatic nitrogens is 3. The van der Waals surface area contributed by atoms with Crippen LogP contribution in [0.1, 0.15) is 36.1 Å². The van der Waals surface area contributed by atoms with Gasteiger partial charge in [-0.2, -0.15) is 0 Å². The summed E-state index contributed by atoms with van der Waals surface area (Å²) in [5.74, 6) is 2.57. The van der Waals surface area contributed by atoms with Crippen LogP contribution in [0, 0.1) is 6.92 Å². The number of aliphatic imine (C=N–C) groups is 1. The summed E-state index contributed by atoms with van der Waals surface area (Å²) in [6, 6.07) is 18.9. The normalized spacial score (nSPS) is 11.4. The van der Waals surface area contributed by atoms with Crippen molar-refractivity contribution in [3.63, 3.8) is 0 Å². The van der Waals surface area contributed by atoms with Crippen LogP contribution in [-0.2, 0) is 26.6 Å². The minimum Gasteiger partial charge on any atom is -0.375 e. The van der Waals surface area contributed by atoms with Crippen LogP contribution in [0.25, 0.3) is 0 Å². The smallest absolute Gasteiger partial charge is 0.191 e. The SMILES string of the molecule is CCc1ccccc1CN=C(NCCCN(C)c1ccccc1)NCc1nnc(C)n1C. The van der Waals surface area contributed by atoms with Crippen LogP contribution in [0.5, 0.6) is 0 Å². The van der Waals surface area contributed by atoms with Gasteiger partial charge in [-0.25, -0.2) is 4.99 Å². The number of aryl methyl sites for hydroxylation is 2. The molecule has 1 aromatic heterocycles. The molecule has 0 aliphatic heterocycles. The average Bonchev–Trinajstić information content (AvgIpc) is 3.15. The number of nitrogens with zero attached hydrogens (tertiary/aromatic N) is 5. The van der Waals surface area contributed by atoms with E-state index >= 15 is 0 Å². The van der Waals surface area contributed by atoms with Crippen molar-refractivity contribution in [2.45, 2.75) is 39.8 Å². The van der Waals surface area contributed by atoms with Crippen LogP contribution >= 0.6 is 0 Å². The maximum absolute atomic E-state index is 4.85. The van der Waals surface area contributed by atoms with Crippen molar-refractivity contribution in [3.8, 4) is 0 Å². The molecule has 1 heterocycles. The van der Waals surface area contributed by atoms with Crippen LogP contribution < -0.4 is 15.5 Å². The maximum atomic E-state index is 4.85. The Morgan fingerprint density at radius 2 is 1.72 bits per heavy atom. The van der Waals surface area contributed by atoms with E-state index in [-0.39, 0.29) is 0 Å². The molecular formula is C25H35N7. The Morgan fingerprint density at radius 1 is 1.00 bits per heavy atom. The third kappa shape index (κ3) is 6.57. The highest BCUT2D eigenvalue weighted by Gasteiger charge is 2.07. The summed E-state index contributed by atoms with van der Waals surface area (Å²) in [7, 11) is 4.11. The molecule has 170 valence electrons. The highest BCUT2D eigenvalue weighted by molar-refractivity contribution is 5.79. The van der Waals surface area contributed by atoms with E-state index in [0.717, 1.165) is 43.5 Å². The van der Waals surface area contributed by atoms with Crippen molar-refractivity contribution in [2.24, 2.45) is 12.0 Å². The van der Waals surface area contributed by atoms with Gasteiger partial charge in [0.2, 0.25) is 0 Å². The van der Waals surface area contributed by atoms with Crippen molar-refractivity contribution in [1.82, 2.24) is 25.4 Å². The van der Waals surface area contributed by atoms with Crippen molar-refractivity contribution in [3.05, 3.63) is 77.4 Å². The number of rotatable bonds is 10. The monoisotopic (exact) mass is 433 g/mol. The molecule has 32 heavy (non-hydrogen) atoms. The molecule has 7 heteroatoms. The first kappa shape index (κ1) is 23.3. The summed E-state index contributed by atoms with van der Waals surface area (Å²) >= 11 is 0. The molecule has 2 N–H and O–H groups in total. The number of guanidine groups is 1. The second-order valence-electron chi connectivity index (χ2n) is 7.90. The van der Waals surface area contributed by atoms with Crippen LogP contribution in [-0.4, -0.2) is 40.9 Å². The fraction of sp³-hybridized carbons (Fsp3) is 0.400. The Labute approximate surface area is 191 Å². The van der Waals surface area contributed by atoms with Crippen LogP contribution in [0.4, 0.5) is 5.69 Å². The maximum Gasteiger partial charge on any atom is 0.191 e. The highest BCUT2D eigenvalue weighted by Crippen LogP contribution is 2.11. The molecule has 0 aliphatic carbocycles. The molecule has 3 rings (SSSR count). The fourth-order valence-corrected chi connectivity index (χ4v) is 3.50. The van der Waals surface area contributed by atoms with Gasteiger partial charge in [-0.1, -0.05) is 49.4 Å². The summed E-state index contributed by atoms with van der Waals surface area (Å²) in [5, 5.41) is 15.3. The van der Waals surface area contributed by atoms with Gasteiger partial charge in [-0.3, -0.25) is 0 Å². The molecule has 0 unspecified atom stereocenters. The highest BCUT2D eigenvalue weighted by atomic mass is 15.3. The molecule has 0 aliphatic rings. The zero-order chi connectivity index (χ0) is 22.8. The number of benzene rings is 2. The Balaban J connectivity index is 1.59. The molecular weight excluding hydrogens is 398 g/mol. The minimum absolute atomic E-state index is 0.572. The number of hydrogen-bond donors (Lipinski definition) is 2. The first-order valence-electron chi connectivity index (χ1n) is 11.3. The van der Waals surface area contributed by atoms with Gasteiger partial charge in [0.25, 0.3) is 0 Å². The molecule has 2 aromatic carbocycles. The zero-order valence-corrected chi connectivity index (χ0v) is 19.7. The van der Waals surface area contributed by atoms with Crippen LogP contribution in [0.2, 0.25) is 0 Å². The van der Waals surface area contributed by atoms with Gasteiger partial charge < -0.3 is 20.1 Å². The Kier molecular flexibility index (Phi) is 8.66. The van der Waals surface area contributed by atoms with E-state index in [1.165, 1.54) is 16.8 Å². The van der Waals surface area contributed by atoms with E-state index in [1.807, 2.05) is 24.6 Å². The number of anilines is 1. The summed E-state index contributed by atoms with van der Waals surface area (Å²) in [6.07, 6.45) is 2.01. The average molecular weight is 434 g/mol. The molecule has 3 aromatic rings. The third-order valence-electron chi connectivity index (χ3n) is 5.66. The van der Waals surface area contributed by atoms with Gasteiger partial charge in [-0.15, -0.1) is 10.2 Å². The Hall–Kier alpha value is -3.35. The van der Waals surface area contributed by atoms with Crippen molar-refractivity contribution < 1.29 is 0 Å². The molecule has 0 radical (unpaired) electrons. The van der Waals surface area contributed by atoms with Gasteiger partial charge in [0.15, 0.2) is 11.8 Å². The predicted octanol–water partition coefficient (Wildman–Crippen LogP) is 3.45. The summed E-state index contributed by atoms with van der Waals surface area (Å²) in [5.41, 5.74) is 3.83. The molecule has 7 nitrogen and oxygen atoms in total. The topological polar surface area (TPSA) is 70.4 Å². The Morgan fingerprint density at radius 3 is 2.41 bits per heavy atom. The predicted molar refractivity (Wildman–Crippen MR) is 132 cm³/mol. The lowest BCUT2D eigenvalue weighted by Crippen LogP contribution is -2.39. The minimum atomic E-state index is 0.572. The molecule has 0 saturated carbocycles. The van der Waals surface area contributed by atoms with Gasteiger partial charge in [0.05, 0.1) is 13.1 Å². The van der Waals surface area contributed by atoms with Gasteiger partial charge in [-0.05, 0) is 43.0 Å². The Bertz CT molecular complexity index is 995. The lowest BCUT2D eigenvalue weighted by atomic mass is 10.1. The van der Waals surface area contributed by atoms with Crippen molar-refractivity contribution >= 4 is 11.6 Å². The lowest BCUT2D eigenvalue weighted by molar-refractivity contribution is 0.696. The second-order valence-corrected chi connectivity index (χ2v) is 7.90. The zero-order valence-electron chi connectivity index (χ0n) is 19.7. The standard InChI is InChI=1S/C25H35N7/c1-5-21-12-9-10-13-22(21)18-27-25(28-19-24-30-29-20(2)32(24)4)26-16-11-17-31(3)23-14-7-6-8-15-23/h6-10,12-15H,5,11,16-19H2,1-4H3,(H2,26,27,28). The van der Waals surface area contributed by atoms with Crippen molar-refractivity contribution in [1.29, 1.82) is 0 Å². The molecule has 0 bridgehead atoms. The molecule has 0 atom stereocenters. The van der Waals surface area contributed by atoms with E-state index in [4.69, 9.17) is 4.99 Å². The summed E-state index contributed by atoms with van der Waals surface area (Å²) in [6.45, 7) is 7.14. The first-order valence-corrected chi connectivity index (χ1v) is 11.3. The number of nitrogens with one attached hydrogen (secondary N) is 2. The second kappa shape index (κ2) is 11.9. The fourth-order valence-electron chi connectivity index (χ4n) is 3.50. The largest absolute Gasteiger partial charge is 0.375 e. The molecule has 0 fully saturated rings. The van der Waals surface area contributed by atoms with E-state index in [0.29, 0.717) is 13.1 Å². The summed E-state index contributed by atoms with van der Waals surface area (Å²) in [4.78, 5) is 7.12.